The Morgan fingerprint density at radius 2 is 1.74 bits per heavy atom. The van der Waals surface area contributed by atoms with E-state index in [9.17, 15) is 9.59 Å². The van der Waals surface area contributed by atoms with Gasteiger partial charge < -0.3 is 10.4 Å². The van der Waals surface area contributed by atoms with Crippen molar-refractivity contribution in [1.29, 1.82) is 0 Å². The van der Waals surface area contributed by atoms with Crippen LogP contribution in [0.4, 0.5) is 5.69 Å². The third-order valence-electron chi connectivity index (χ3n) is 3.63. The summed E-state index contributed by atoms with van der Waals surface area (Å²) in [6.07, 6.45) is 0.831. The monoisotopic (exact) mass is 255 g/mol. The molecule has 1 saturated carbocycles. The van der Waals surface area contributed by atoms with E-state index in [-0.39, 0.29) is 0 Å². The average molecular weight is 255 g/mol. The predicted molar refractivity (Wildman–Crippen MR) is 71.9 cm³/mol. The third kappa shape index (κ3) is 1.85. The summed E-state index contributed by atoms with van der Waals surface area (Å²) in [5, 5.41) is 13.8. The number of carbonyl (C=O) groups is 2. The number of carbonyl (C=O) groups excluding carboxylic acids is 1. The van der Waals surface area contributed by atoms with Crippen LogP contribution >= 0.6 is 0 Å². The second-order valence-electron chi connectivity index (χ2n) is 4.87. The number of hydrogen-bond acceptors (Lipinski definition) is 2. The number of carboxylic acid groups (broad SMARTS) is 1. The summed E-state index contributed by atoms with van der Waals surface area (Å²) in [5.41, 5.74) is -0.549. The molecule has 1 aliphatic carbocycles. The highest BCUT2D eigenvalue weighted by molar-refractivity contribution is 6.13. The molecule has 3 rings (SSSR count). The molecule has 0 radical (unpaired) electrons. The third-order valence-corrected chi connectivity index (χ3v) is 3.63. The number of hydrogen-bond donors (Lipinski definition) is 2. The molecule has 2 aromatic rings. The molecular weight excluding hydrogens is 242 g/mol. The Morgan fingerprint density at radius 1 is 1.05 bits per heavy atom. The fourth-order valence-corrected chi connectivity index (χ4v) is 2.24. The zero-order chi connectivity index (χ0) is 13.5. The van der Waals surface area contributed by atoms with Gasteiger partial charge >= 0.3 is 5.97 Å². The lowest BCUT2D eigenvalue weighted by molar-refractivity contribution is -0.147. The van der Waals surface area contributed by atoms with Crippen molar-refractivity contribution in [2.45, 2.75) is 12.8 Å². The highest BCUT2D eigenvalue weighted by atomic mass is 16.4. The van der Waals surface area contributed by atoms with E-state index < -0.39 is 17.3 Å². The molecule has 96 valence electrons. The Bertz CT molecular complexity index is 669. The van der Waals surface area contributed by atoms with Gasteiger partial charge in [0.2, 0.25) is 5.91 Å². The summed E-state index contributed by atoms with van der Waals surface area (Å²) in [5.74, 6) is -1.46. The van der Waals surface area contributed by atoms with Crippen LogP contribution in [0.5, 0.6) is 0 Å². The Labute approximate surface area is 110 Å². The molecule has 4 heteroatoms. The minimum absolute atomic E-state index is 0.416. The SMILES string of the molecule is O=C(O)C1(C(=O)Nc2cccc3ccccc23)CC1. The zero-order valence-electron chi connectivity index (χ0n) is 10.2. The molecule has 0 spiro atoms. The molecule has 1 fully saturated rings. The molecule has 2 N–H and O–H groups in total. The number of benzene rings is 2. The normalized spacial score (nSPS) is 16.0. The van der Waals surface area contributed by atoms with E-state index in [1.807, 2.05) is 36.4 Å². The molecule has 0 heterocycles. The highest BCUT2D eigenvalue weighted by Crippen LogP contribution is 2.47. The fraction of sp³-hybridized carbons (Fsp3) is 0.200. The van der Waals surface area contributed by atoms with Crippen LogP contribution in [0.15, 0.2) is 42.5 Å². The van der Waals surface area contributed by atoms with E-state index in [1.165, 1.54) is 0 Å². The van der Waals surface area contributed by atoms with Crippen LogP contribution in [0.2, 0.25) is 0 Å². The predicted octanol–water partition coefficient (Wildman–Crippen LogP) is 2.64. The second-order valence-corrected chi connectivity index (χ2v) is 4.87. The number of carboxylic acids is 1. The minimum Gasteiger partial charge on any atom is -0.480 e. The highest BCUT2D eigenvalue weighted by Gasteiger charge is 2.57. The number of nitrogens with one attached hydrogen (secondary N) is 1. The Morgan fingerprint density at radius 3 is 2.42 bits per heavy atom. The van der Waals surface area contributed by atoms with Crippen LogP contribution in [0.3, 0.4) is 0 Å². The zero-order valence-corrected chi connectivity index (χ0v) is 10.2. The van der Waals surface area contributed by atoms with Crippen LogP contribution in [0, 0.1) is 5.41 Å². The van der Waals surface area contributed by atoms with Crippen molar-refractivity contribution in [3.63, 3.8) is 0 Å². The number of fused-ring (bicyclic) bond motifs is 1. The quantitative estimate of drug-likeness (QED) is 0.828. The van der Waals surface area contributed by atoms with E-state index in [2.05, 4.69) is 5.32 Å². The van der Waals surface area contributed by atoms with Crippen LogP contribution in [-0.2, 0) is 9.59 Å². The standard InChI is InChI=1S/C15H13NO3/c17-13(15(8-9-15)14(18)19)16-12-7-3-5-10-4-1-2-6-11(10)12/h1-7H,8-9H2,(H,16,17)(H,18,19). The summed E-state index contributed by atoms with van der Waals surface area (Å²) >= 11 is 0. The van der Waals surface area contributed by atoms with Gasteiger partial charge in [0.1, 0.15) is 5.41 Å². The van der Waals surface area contributed by atoms with Gasteiger partial charge in [-0.3, -0.25) is 9.59 Å². The molecule has 0 unspecified atom stereocenters. The molecule has 4 nitrogen and oxygen atoms in total. The number of anilines is 1. The van der Waals surface area contributed by atoms with Gasteiger partial charge in [0.25, 0.3) is 0 Å². The first-order valence-corrected chi connectivity index (χ1v) is 6.16. The maximum Gasteiger partial charge on any atom is 0.319 e. The van der Waals surface area contributed by atoms with Crippen LogP contribution < -0.4 is 5.32 Å². The first-order chi connectivity index (χ1) is 9.13. The van der Waals surface area contributed by atoms with Gasteiger partial charge in [0.05, 0.1) is 0 Å². The van der Waals surface area contributed by atoms with Crippen molar-refractivity contribution < 1.29 is 14.7 Å². The van der Waals surface area contributed by atoms with Gasteiger partial charge in [-0.25, -0.2) is 0 Å². The van der Waals surface area contributed by atoms with Gasteiger partial charge in [0, 0.05) is 11.1 Å². The van der Waals surface area contributed by atoms with Crippen LogP contribution in [0.25, 0.3) is 10.8 Å². The van der Waals surface area contributed by atoms with Gasteiger partial charge in [-0.2, -0.15) is 0 Å². The van der Waals surface area contributed by atoms with E-state index in [1.54, 1.807) is 6.07 Å². The Balaban J connectivity index is 1.94. The minimum atomic E-state index is -1.21. The molecule has 0 aliphatic heterocycles. The molecular formula is C15H13NO3. The molecule has 19 heavy (non-hydrogen) atoms. The van der Waals surface area contributed by atoms with Gasteiger partial charge in [0.15, 0.2) is 0 Å². The van der Waals surface area contributed by atoms with E-state index in [4.69, 9.17) is 5.11 Å². The molecule has 1 amide bonds. The summed E-state index contributed by atoms with van der Waals surface area (Å²) in [6, 6.07) is 13.3. The largest absolute Gasteiger partial charge is 0.480 e. The van der Waals surface area contributed by atoms with E-state index in [0.717, 1.165) is 10.8 Å². The Kier molecular flexibility index (Phi) is 2.52. The molecule has 0 atom stereocenters. The van der Waals surface area contributed by atoms with Gasteiger partial charge in [-0.15, -0.1) is 0 Å². The summed E-state index contributed by atoms with van der Waals surface area (Å²) in [6.45, 7) is 0. The maximum absolute atomic E-state index is 12.1. The van der Waals surface area contributed by atoms with Crippen molar-refractivity contribution in [3.05, 3.63) is 42.5 Å². The van der Waals surface area contributed by atoms with Crippen molar-refractivity contribution in [3.8, 4) is 0 Å². The van der Waals surface area contributed by atoms with Crippen molar-refractivity contribution >= 4 is 28.3 Å². The molecule has 0 saturated heterocycles. The van der Waals surface area contributed by atoms with Crippen molar-refractivity contribution in [2.24, 2.45) is 5.41 Å². The summed E-state index contributed by atoms with van der Waals surface area (Å²) in [7, 11) is 0. The first kappa shape index (κ1) is 11.7. The fourth-order valence-electron chi connectivity index (χ4n) is 2.24. The lowest BCUT2D eigenvalue weighted by Gasteiger charge is -2.12. The molecule has 0 bridgehead atoms. The van der Waals surface area contributed by atoms with E-state index >= 15 is 0 Å². The smallest absolute Gasteiger partial charge is 0.319 e. The summed E-state index contributed by atoms with van der Waals surface area (Å²) < 4.78 is 0. The maximum atomic E-state index is 12.1. The number of amides is 1. The number of rotatable bonds is 3. The van der Waals surface area contributed by atoms with Gasteiger partial charge in [-0.05, 0) is 24.3 Å². The molecule has 2 aromatic carbocycles. The van der Waals surface area contributed by atoms with Crippen molar-refractivity contribution in [1.82, 2.24) is 0 Å². The van der Waals surface area contributed by atoms with Gasteiger partial charge in [-0.1, -0.05) is 36.4 Å². The lowest BCUT2D eigenvalue weighted by atomic mass is 10.1. The van der Waals surface area contributed by atoms with Crippen LogP contribution in [0.1, 0.15) is 12.8 Å². The topological polar surface area (TPSA) is 66.4 Å². The molecule has 1 aliphatic rings. The first-order valence-electron chi connectivity index (χ1n) is 6.16. The van der Waals surface area contributed by atoms with E-state index in [0.29, 0.717) is 18.5 Å². The van der Waals surface area contributed by atoms with Crippen LogP contribution in [-0.4, -0.2) is 17.0 Å². The second kappa shape index (κ2) is 4.09. The Hall–Kier alpha value is -2.36. The number of aliphatic carboxylic acids is 1. The lowest BCUT2D eigenvalue weighted by Crippen LogP contribution is -2.31. The average Bonchev–Trinajstić information content (AvgIpc) is 3.20. The molecule has 0 aromatic heterocycles. The summed E-state index contributed by atoms with van der Waals surface area (Å²) in [4.78, 5) is 23.2. The van der Waals surface area contributed by atoms with Crippen molar-refractivity contribution in [2.75, 3.05) is 5.32 Å².